The smallest absolute Gasteiger partial charge is 0.340 e. The standard InChI is InChI=1S/C23H29BrO4/c1-12(2)17-8-5-13(3)9-19(17)28-23(27)22(26)20-14(4)10-15-6-7-16(24)11-18(15)21(20)25/h6-7,10-13,17,19,22,25-26H,5,8-9H2,1-4H3/t13-,17+,19-,22+/m1/s1. The van der Waals surface area contributed by atoms with Crippen molar-refractivity contribution in [3.05, 3.63) is 39.9 Å². The van der Waals surface area contributed by atoms with E-state index in [-0.39, 0.29) is 17.4 Å². The van der Waals surface area contributed by atoms with Gasteiger partial charge in [0.25, 0.3) is 0 Å². The molecule has 1 saturated carbocycles. The fraction of sp³-hybridized carbons (Fsp3) is 0.522. The Morgan fingerprint density at radius 1 is 1.25 bits per heavy atom. The van der Waals surface area contributed by atoms with Crippen LogP contribution in [0.3, 0.4) is 0 Å². The van der Waals surface area contributed by atoms with E-state index in [4.69, 9.17) is 4.74 Å². The number of ether oxygens (including phenoxy) is 1. The van der Waals surface area contributed by atoms with E-state index in [2.05, 4.69) is 36.7 Å². The van der Waals surface area contributed by atoms with Gasteiger partial charge in [-0.25, -0.2) is 4.79 Å². The van der Waals surface area contributed by atoms with Gasteiger partial charge in [-0.3, -0.25) is 0 Å². The zero-order valence-electron chi connectivity index (χ0n) is 16.9. The van der Waals surface area contributed by atoms with Gasteiger partial charge in [-0.05, 0) is 60.6 Å². The van der Waals surface area contributed by atoms with E-state index in [1.807, 2.05) is 18.2 Å². The first-order chi connectivity index (χ1) is 13.2. The molecule has 0 bridgehead atoms. The highest BCUT2D eigenvalue weighted by molar-refractivity contribution is 9.10. The number of phenols is 1. The average molecular weight is 449 g/mol. The number of aliphatic hydroxyl groups excluding tert-OH is 1. The number of carbonyl (C=O) groups excluding carboxylic acids is 1. The number of aryl methyl sites for hydroxylation is 1. The third-order valence-electron chi connectivity index (χ3n) is 6.05. The number of aliphatic hydroxyl groups is 1. The van der Waals surface area contributed by atoms with Gasteiger partial charge in [-0.2, -0.15) is 0 Å². The van der Waals surface area contributed by atoms with Crippen LogP contribution >= 0.6 is 15.9 Å². The third-order valence-corrected chi connectivity index (χ3v) is 6.54. The Bertz CT molecular complexity index is 877. The first-order valence-electron chi connectivity index (χ1n) is 9.99. The summed E-state index contributed by atoms with van der Waals surface area (Å²) in [6, 6.07) is 7.43. The summed E-state index contributed by atoms with van der Waals surface area (Å²) in [5.41, 5.74) is 0.884. The molecular formula is C23H29BrO4. The average Bonchev–Trinajstić information content (AvgIpc) is 2.62. The second-order valence-electron chi connectivity index (χ2n) is 8.53. The molecule has 0 spiro atoms. The summed E-state index contributed by atoms with van der Waals surface area (Å²) in [5.74, 6) is 0.457. The number of esters is 1. The monoisotopic (exact) mass is 448 g/mol. The van der Waals surface area contributed by atoms with Gasteiger partial charge in [0, 0.05) is 15.4 Å². The van der Waals surface area contributed by atoms with Crippen molar-refractivity contribution >= 4 is 32.7 Å². The van der Waals surface area contributed by atoms with Crippen molar-refractivity contribution in [1.29, 1.82) is 0 Å². The lowest BCUT2D eigenvalue weighted by molar-refractivity contribution is -0.166. The molecular weight excluding hydrogens is 420 g/mol. The van der Waals surface area contributed by atoms with Crippen molar-refractivity contribution in [3.63, 3.8) is 0 Å². The molecule has 1 fully saturated rings. The summed E-state index contributed by atoms with van der Waals surface area (Å²) in [5, 5.41) is 23.0. The van der Waals surface area contributed by atoms with Gasteiger partial charge in [-0.1, -0.05) is 55.3 Å². The Hall–Kier alpha value is -1.59. The second kappa shape index (κ2) is 8.42. The lowest BCUT2D eigenvalue weighted by atomic mass is 9.75. The topological polar surface area (TPSA) is 66.8 Å². The van der Waals surface area contributed by atoms with Crippen LogP contribution in [0.1, 0.15) is 57.3 Å². The number of aromatic hydroxyl groups is 1. The Balaban J connectivity index is 1.88. The van der Waals surface area contributed by atoms with E-state index >= 15 is 0 Å². The largest absolute Gasteiger partial charge is 0.507 e. The fourth-order valence-corrected chi connectivity index (χ4v) is 4.79. The number of benzene rings is 2. The van der Waals surface area contributed by atoms with Crippen LogP contribution in [-0.4, -0.2) is 22.3 Å². The van der Waals surface area contributed by atoms with Crippen LogP contribution in [0.5, 0.6) is 5.75 Å². The van der Waals surface area contributed by atoms with Gasteiger partial charge in [0.2, 0.25) is 0 Å². The van der Waals surface area contributed by atoms with Crippen LogP contribution in [0, 0.1) is 24.7 Å². The number of phenolic OH excluding ortho intramolecular Hbond substituents is 1. The molecule has 1 aliphatic rings. The zero-order valence-corrected chi connectivity index (χ0v) is 18.5. The number of hydrogen-bond donors (Lipinski definition) is 2. The zero-order chi connectivity index (χ0) is 20.6. The summed E-state index contributed by atoms with van der Waals surface area (Å²) < 4.78 is 6.61. The number of carbonyl (C=O) groups is 1. The van der Waals surface area contributed by atoms with Crippen LogP contribution in [-0.2, 0) is 9.53 Å². The van der Waals surface area contributed by atoms with Gasteiger partial charge in [0.1, 0.15) is 11.9 Å². The minimum Gasteiger partial charge on any atom is -0.507 e. The first-order valence-corrected chi connectivity index (χ1v) is 10.8. The molecule has 0 radical (unpaired) electrons. The molecule has 0 aromatic heterocycles. The molecule has 0 heterocycles. The van der Waals surface area contributed by atoms with Gasteiger partial charge < -0.3 is 14.9 Å². The van der Waals surface area contributed by atoms with Crippen LogP contribution in [0.2, 0.25) is 0 Å². The number of fused-ring (bicyclic) bond motifs is 1. The molecule has 2 aromatic carbocycles. The predicted molar refractivity (Wildman–Crippen MR) is 114 cm³/mol. The molecule has 1 aliphatic carbocycles. The Morgan fingerprint density at radius 3 is 2.64 bits per heavy atom. The quantitative estimate of drug-likeness (QED) is 0.592. The molecule has 2 N–H and O–H groups in total. The summed E-state index contributed by atoms with van der Waals surface area (Å²) in [7, 11) is 0. The van der Waals surface area contributed by atoms with Crippen molar-refractivity contribution < 1.29 is 19.7 Å². The van der Waals surface area contributed by atoms with Crippen molar-refractivity contribution in [1.82, 2.24) is 0 Å². The van der Waals surface area contributed by atoms with Gasteiger partial charge in [0.05, 0.1) is 0 Å². The van der Waals surface area contributed by atoms with Gasteiger partial charge >= 0.3 is 5.97 Å². The van der Waals surface area contributed by atoms with Gasteiger partial charge in [-0.15, -0.1) is 0 Å². The van der Waals surface area contributed by atoms with E-state index in [1.165, 1.54) is 0 Å². The first kappa shape index (κ1) is 21.1. The molecule has 0 amide bonds. The maximum atomic E-state index is 12.8. The highest BCUT2D eigenvalue weighted by Gasteiger charge is 2.35. The maximum Gasteiger partial charge on any atom is 0.340 e. The van der Waals surface area contributed by atoms with Crippen LogP contribution in [0.15, 0.2) is 28.7 Å². The van der Waals surface area contributed by atoms with Crippen molar-refractivity contribution in [2.75, 3.05) is 0 Å². The Kier molecular flexibility index (Phi) is 6.35. The van der Waals surface area contributed by atoms with E-state index in [0.717, 1.165) is 29.1 Å². The van der Waals surface area contributed by atoms with E-state index < -0.39 is 12.1 Å². The highest BCUT2D eigenvalue weighted by atomic mass is 79.9. The van der Waals surface area contributed by atoms with Crippen LogP contribution in [0.25, 0.3) is 10.8 Å². The molecule has 28 heavy (non-hydrogen) atoms. The predicted octanol–water partition coefficient (Wildman–Crippen LogP) is 5.65. The maximum absolute atomic E-state index is 12.8. The summed E-state index contributed by atoms with van der Waals surface area (Å²) in [4.78, 5) is 12.8. The fourth-order valence-electron chi connectivity index (χ4n) is 4.43. The van der Waals surface area contributed by atoms with Crippen molar-refractivity contribution in [2.24, 2.45) is 17.8 Å². The normalized spacial score (nSPS) is 23.8. The van der Waals surface area contributed by atoms with Crippen LogP contribution < -0.4 is 0 Å². The lowest BCUT2D eigenvalue weighted by Crippen LogP contribution is -2.37. The molecule has 152 valence electrons. The molecule has 3 rings (SSSR count). The minimum atomic E-state index is -1.51. The Labute approximate surface area is 175 Å². The van der Waals surface area contributed by atoms with Crippen molar-refractivity contribution in [3.8, 4) is 5.75 Å². The Morgan fingerprint density at radius 2 is 1.96 bits per heavy atom. The number of hydrogen-bond acceptors (Lipinski definition) is 4. The molecule has 0 unspecified atom stereocenters. The molecule has 2 aromatic rings. The minimum absolute atomic E-state index is 0.0711. The van der Waals surface area contributed by atoms with E-state index in [0.29, 0.717) is 28.7 Å². The second-order valence-corrected chi connectivity index (χ2v) is 9.44. The lowest BCUT2D eigenvalue weighted by Gasteiger charge is -2.37. The van der Waals surface area contributed by atoms with E-state index in [1.54, 1.807) is 13.0 Å². The molecule has 4 atom stereocenters. The van der Waals surface area contributed by atoms with Crippen molar-refractivity contribution in [2.45, 2.75) is 59.2 Å². The van der Waals surface area contributed by atoms with E-state index in [9.17, 15) is 15.0 Å². The SMILES string of the molecule is Cc1cc2ccc(Br)cc2c(O)c1[C@H](O)C(=O)O[C@@H]1C[C@H](C)CC[C@H]1C(C)C. The number of rotatable bonds is 4. The number of halogens is 1. The summed E-state index contributed by atoms with van der Waals surface area (Å²) in [6.07, 6.45) is 1.29. The summed E-state index contributed by atoms with van der Waals surface area (Å²) in [6.45, 7) is 8.25. The summed E-state index contributed by atoms with van der Waals surface area (Å²) >= 11 is 3.40. The van der Waals surface area contributed by atoms with Gasteiger partial charge in [0.15, 0.2) is 6.10 Å². The molecule has 5 heteroatoms. The van der Waals surface area contributed by atoms with Crippen LogP contribution in [0.4, 0.5) is 0 Å². The molecule has 0 aliphatic heterocycles. The molecule has 4 nitrogen and oxygen atoms in total. The molecule has 0 saturated heterocycles. The highest BCUT2D eigenvalue weighted by Crippen LogP contribution is 2.39. The third kappa shape index (κ3) is 4.20.